The normalized spacial score (nSPS) is 12.0. The Labute approximate surface area is 131 Å². The van der Waals surface area contributed by atoms with Gasteiger partial charge in [-0.25, -0.2) is 4.79 Å². The van der Waals surface area contributed by atoms with Gasteiger partial charge >= 0.3 is 5.97 Å². The number of carboxylic acid groups (broad SMARTS) is 1. The molecule has 0 aliphatic carbocycles. The summed E-state index contributed by atoms with van der Waals surface area (Å²) in [5.74, 6) is -0.212. The summed E-state index contributed by atoms with van der Waals surface area (Å²) in [5, 5.41) is 11.6. The number of rotatable bonds is 9. The molecule has 1 rings (SSSR count). The van der Waals surface area contributed by atoms with Crippen LogP contribution in [0.1, 0.15) is 38.7 Å². The van der Waals surface area contributed by atoms with E-state index in [9.17, 15) is 9.59 Å². The molecule has 0 aliphatic rings. The van der Waals surface area contributed by atoms with E-state index in [1.165, 1.54) is 0 Å². The first-order chi connectivity index (χ1) is 10.4. The molecule has 1 amide bonds. The molecule has 0 heterocycles. The van der Waals surface area contributed by atoms with Gasteiger partial charge in [-0.2, -0.15) is 0 Å². The highest BCUT2D eigenvalue weighted by Crippen LogP contribution is 2.16. The van der Waals surface area contributed by atoms with Gasteiger partial charge in [0.15, 0.2) is 0 Å². The van der Waals surface area contributed by atoms with E-state index in [0.29, 0.717) is 19.4 Å². The Morgan fingerprint density at radius 3 is 2.55 bits per heavy atom. The number of para-hydroxylation sites is 1. The minimum absolute atomic E-state index is 0.214. The van der Waals surface area contributed by atoms with Crippen molar-refractivity contribution in [2.75, 3.05) is 6.61 Å². The number of ether oxygens (including phenoxy) is 1. The molecule has 1 atom stereocenters. The van der Waals surface area contributed by atoms with Crippen LogP contribution in [-0.2, 0) is 9.59 Å². The number of hydrogen-bond acceptors (Lipinski definition) is 3. The zero-order valence-electron chi connectivity index (χ0n) is 13.5. The Hall–Kier alpha value is -2.04. The van der Waals surface area contributed by atoms with Crippen molar-refractivity contribution in [2.24, 2.45) is 5.92 Å². The van der Waals surface area contributed by atoms with E-state index in [1.54, 1.807) is 0 Å². The zero-order valence-corrected chi connectivity index (χ0v) is 13.5. The minimum atomic E-state index is -0.988. The van der Waals surface area contributed by atoms with Gasteiger partial charge in [-0.3, -0.25) is 4.79 Å². The molecular weight excluding hydrogens is 282 g/mol. The summed E-state index contributed by atoms with van der Waals surface area (Å²) in [4.78, 5) is 22.9. The number of amides is 1. The summed E-state index contributed by atoms with van der Waals surface area (Å²) < 4.78 is 5.61. The topological polar surface area (TPSA) is 75.6 Å². The number of aryl methyl sites for hydroxylation is 1. The van der Waals surface area contributed by atoms with Gasteiger partial charge in [0.2, 0.25) is 5.91 Å². The van der Waals surface area contributed by atoms with Crippen molar-refractivity contribution in [3.63, 3.8) is 0 Å². The minimum Gasteiger partial charge on any atom is -0.493 e. The van der Waals surface area contributed by atoms with E-state index < -0.39 is 12.0 Å². The SMILES string of the molecule is Cc1ccccc1OCCCC(=O)NC(CC(C)C)C(=O)O. The maximum Gasteiger partial charge on any atom is 0.326 e. The maximum absolute atomic E-state index is 11.8. The summed E-state index contributed by atoms with van der Waals surface area (Å²) >= 11 is 0. The fourth-order valence-electron chi connectivity index (χ4n) is 2.09. The van der Waals surface area contributed by atoms with Crippen LogP contribution in [0.15, 0.2) is 24.3 Å². The molecule has 0 fully saturated rings. The van der Waals surface area contributed by atoms with Crippen molar-refractivity contribution < 1.29 is 19.4 Å². The van der Waals surface area contributed by atoms with Gasteiger partial charge in [0.25, 0.3) is 0 Å². The molecule has 5 nitrogen and oxygen atoms in total. The van der Waals surface area contributed by atoms with E-state index in [2.05, 4.69) is 5.32 Å². The van der Waals surface area contributed by atoms with E-state index in [0.717, 1.165) is 11.3 Å². The third-order valence-corrected chi connectivity index (χ3v) is 3.24. The van der Waals surface area contributed by atoms with Gasteiger partial charge in [0, 0.05) is 6.42 Å². The third kappa shape index (κ3) is 6.61. The highest BCUT2D eigenvalue weighted by molar-refractivity contribution is 5.83. The monoisotopic (exact) mass is 307 g/mol. The van der Waals surface area contributed by atoms with Crippen molar-refractivity contribution in [3.05, 3.63) is 29.8 Å². The Balaban J connectivity index is 2.30. The van der Waals surface area contributed by atoms with Crippen molar-refractivity contribution >= 4 is 11.9 Å². The predicted molar refractivity (Wildman–Crippen MR) is 84.9 cm³/mol. The summed E-state index contributed by atoms with van der Waals surface area (Å²) in [6, 6.07) is 6.88. The second-order valence-corrected chi connectivity index (χ2v) is 5.81. The molecule has 0 aliphatic heterocycles. The second-order valence-electron chi connectivity index (χ2n) is 5.81. The van der Waals surface area contributed by atoms with Crippen LogP contribution in [0, 0.1) is 12.8 Å². The molecule has 122 valence electrons. The Bertz CT molecular complexity index is 499. The first-order valence-electron chi connectivity index (χ1n) is 7.60. The molecule has 0 radical (unpaired) electrons. The van der Waals surface area contributed by atoms with Gasteiger partial charge < -0.3 is 15.2 Å². The molecule has 22 heavy (non-hydrogen) atoms. The second kappa shape index (κ2) is 9.07. The molecule has 2 N–H and O–H groups in total. The Morgan fingerprint density at radius 1 is 1.27 bits per heavy atom. The fraction of sp³-hybridized carbons (Fsp3) is 0.529. The number of benzene rings is 1. The number of aliphatic carboxylic acids is 1. The van der Waals surface area contributed by atoms with Crippen molar-refractivity contribution in [1.82, 2.24) is 5.32 Å². The molecule has 1 aromatic rings. The van der Waals surface area contributed by atoms with E-state index in [1.807, 2.05) is 45.0 Å². The quantitative estimate of drug-likeness (QED) is 0.688. The summed E-state index contributed by atoms with van der Waals surface area (Å²) in [6.07, 6.45) is 1.24. The van der Waals surface area contributed by atoms with Crippen LogP contribution in [0.3, 0.4) is 0 Å². The van der Waals surface area contributed by atoms with Gasteiger partial charge in [-0.15, -0.1) is 0 Å². The summed E-state index contributed by atoms with van der Waals surface area (Å²) in [5.41, 5.74) is 1.05. The van der Waals surface area contributed by atoms with E-state index in [-0.39, 0.29) is 18.2 Å². The number of carbonyl (C=O) groups excluding carboxylic acids is 1. The Morgan fingerprint density at radius 2 is 1.95 bits per heavy atom. The van der Waals surface area contributed by atoms with Crippen molar-refractivity contribution in [2.45, 2.75) is 46.1 Å². The number of carboxylic acids is 1. The number of nitrogens with one attached hydrogen (secondary N) is 1. The highest BCUT2D eigenvalue weighted by atomic mass is 16.5. The average Bonchev–Trinajstić information content (AvgIpc) is 2.44. The number of hydrogen-bond donors (Lipinski definition) is 2. The van der Waals surface area contributed by atoms with Gasteiger partial charge in [0.1, 0.15) is 11.8 Å². The average molecular weight is 307 g/mol. The lowest BCUT2D eigenvalue weighted by molar-refractivity contribution is -0.142. The smallest absolute Gasteiger partial charge is 0.326 e. The lowest BCUT2D eigenvalue weighted by Gasteiger charge is -2.16. The summed E-state index contributed by atoms with van der Waals surface area (Å²) in [6.45, 7) is 6.25. The van der Waals surface area contributed by atoms with Crippen LogP contribution in [0.5, 0.6) is 5.75 Å². The maximum atomic E-state index is 11.8. The van der Waals surface area contributed by atoms with Crippen LogP contribution in [0.4, 0.5) is 0 Å². The van der Waals surface area contributed by atoms with Crippen molar-refractivity contribution in [1.29, 1.82) is 0 Å². The first kappa shape index (κ1) is 18.0. The molecule has 0 saturated carbocycles. The lowest BCUT2D eigenvalue weighted by atomic mass is 10.0. The Kier molecular flexibility index (Phi) is 7.43. The van der Waals surface area contributed by atoms with E-state index in [4.69, 9.17) is 9.84 Å². The molecule has 0 aromatic heterocycles. The van der Waals surface area contributed by atoms with Gasteiger partial charge in [-0.05, 0) is 37.3 Å². The molecule has 0 bridgehead atoms. The largest absolute Gasteiger partial charge is 0.493 e. The van der Waals surface area contributed by atoms with Crippen LogP contribution >= 0.6 is 0 Å². The van der Waals surface area contributed by atoms with Crippen LogP contribution < -0.4 is 10.1 Å². The molecule has 0 saturated heterocycles. The van der Waals surface area contributed by atoms with Crippen LogP contribution in [0.2, 0.25) is 0 Å². The summed E-state index contributed by atoms with van der Waals surface area (Å²) in [7, 11) is 0. The first-order valence-corrected chi connectivity index (χ1v) is 7.60. The zero-order chi connectivity index (χ0) is 16.5. The lowest BCUT2D eigenvalue weighted by Crippen LogP contribution is -2.41. The molecular formula is C17H25NO4. The standard InChI is InChI=1S/C17H25NO4/c1-12(2)11-14(17(20)21)18-16(19)9-6-10-22-15-8-5-4-7-13(15)3/h4-5,7-8,12,14H,6,9-11H2,1-3H3,(H,18,19)(H,20,21). The van der Waals surface area contributed by atoms with Gasteiger partial charge in [0.05, 0.1) is 6.61 Å². The van der Waals surface area contributed by atoms with Crippen LogP contribution in [-0.4, -0.2) is 29.6 Å². The highest BCUT2D eigenvalue weighted by Gasteiger charge is 2.20. The van der Waals surface area contributed by atoms with Gasteiger partial charge in [-0.1, -0.05) is 32.0 Å². The van der Waals surface area contributed by atoms with Crippen molar-refractivity contribution in [3.8, 4) is 5.75 Å². The van der Waals surface area contributed by atoms with E-state index >= 15 is 0 Å². The predicted octanol–water partition coefficient (Wildman–Crippen LogP) is 2.77. The molecule has 5 heteroatoms. The molecule has 0 spiro atoms. The molecule has 1 aromatic carbocycles. The van der Waals surface area contributed by atoms with Crippen LogP contribution in [0.25, 0.3) is 0 Å². The molecule has 1 unspecified atom stereocenters. The number of carbonyl (C=O) groups is 2. The fourth-order valence-corrected chi connectivity index (χ4v) is 2.09. The third-order valence-electron chi connectivity index (χ3n) is 3.24.